The zero-order chi connectivity index (χ0) is 15.0. The van der Waals surface area contributed by atoms with Crippen LogP contribution in [0, 0.1) is 0 Å². The van der Waals surface area contributed by atoms with Crippen molar-refractivity contribution in [1.82, 2.24) is 9.88 Å². The molecule has 0 fully saturated rings. The second-order valence-electron chi connectivity index (χ2n) is 5.08. The van der Waals surface area contributed by atoms with E-state index in [9.17, 15) is 5.11 Å². The summed E-state index contributed by atoms with van der Waals surface area (Å²) in [5, 5.41) is 9.49. The summed E-state index contributed by atoms with van der Waals surface area (Å²) in [7, 11) is 0. The molecule has 0 unspecified atom stereocenters. The van der Waals surface area contributed by atoms with Gasteiger partial charge in [-0.15, -0.1) is 0 Å². The fraction of sp³-hybridized carbons (Fsp3) is 0.688. The first kappa shape index (κ1) is 16.9. The number of aliphatic hydroxyl groups excluding tert-OH is 1. The van der Waals surface area contributed by atoms with Crippen molar-refractivity contribution in [1.29, 1.82) is 0 Å². The zero-order valence-electron chi connectivity index (χ0n) is 13.3. The number of aromatic nitrogens is 1. The number of hydrogen-bond donors (Lipinski definition) is 1. The second-order valence-corrected chi connectivity index (χ2v) is 5.08. The molecule has 1 aromatic rings. The molecule has 0 saturated heterocycles. The highest BCUT2D eigenvalue weighted by Gasteiger charge is 2.07. The van der Waals surface area contributed by atoms with Gasteiger partial charge in [-0.05, 0) is 52.0 Å². The maximum absolute atomic E-state index is 9.49. The Morgan fingerprint density at radius 3 is 2.25 bits per heavy atom. The van der Waals surface area contributed by atoms with Crippen LogP contribution < -0.4 is 4.90 Å². The SMILES string of the molecule is CCN(CC)CCCN(CC)c1ccc([C@@H](C)O)nc1. The molecule has 0 amide bonds. The molecule has 1 heterocycles. The van der Waals surface area contributed by atoms with Gasteiger partial charge in [0.1, 0.15) is 0 Å². The Labute approximate surface area is 123 Å². The first-order valence-corrected chi connectivity index (χ1v) is 7.73. The minimum absolute atomic E-state index is 0.498. The third kappa shape index (κ3) is 5.10. The first-order valence-electron chi connectivity index (χ1n) is 7.73. The minimum Gasteiger partial charge on any atom is -0.387 e. The average molecular weight is 279 g/mol. The van der Waals surface area contributed by atoms with Crippen molar-refractivity contribution in [3.63, 3.8) is 0 Å². The summed E-state index contributed by atoms with van der Waals surface area (Å²) < 4.78 is 0. The number of hydrogen-bond acceptors (Lipinski definition) is 4. The van der Waals surface area contributed by atoms with E-state index in [0.717, 1.165) is 50.5 Å². The highest BCUT2D eigenvalue weighted by molar-refractivity contribution is 5.44. The van der Waals surface area contributed by atoms with E-state index in [1.807, 2.05) is 12.3 Å². The van der Waals surface area contributed by atoms with Crippen LogP contribution in [0.4, 0.5) is 5.69 Å². The molecule has 114 valence electrons. The lowest BCUT2D eigenvalue weighted by molar-refractivity contribution is 0.194. The number of anilines is 1. The van der Waals surface area contributed by atoms with Crippen LogP contribution in [0.3, 0.4) is 0 Å². The van der Waals surface area contributed by atoms with Crippen molar-refractivity contribution >= 4 is 5.69 Å². The van der Waals surface area contributed by atoms with Gasteiger partial charge in [-0.1, -0.05) is 13.8 Å². The fourth-order valence-corrected chi connectivity index (χ4v) is 2.33. The summed E-state index contributed by atoms with van der Waals surface area (Å²) in [4.78, 5) is 9.10. The molecule has 1 rings (SSSR count). The smallest absolute Gasteiger partial charge is 0.0931 e. The molecular formula is C16H29N3O. The van der Waals surface area contributed by atoms with Crippen molar-refractivity contribution in [2.75, 3.05) is 37.6 Å². The largest absolute Gasteiger partial charge is 0.387 e. The standard InChI is InChI=1S/C16H29N3O/c1-5-18(6-2)11-8-12-19(7-3)15-9-10-16(14(4)20)17-13-15/h9-10,13-14,20H,5-8,11-12H2,1-4H3/t14-/m1/s1. The van der Waals surface area contributed by atoms with Crippen LogP contribution in [0.2, 0.25) is 0 Å². The zero-order valence-corrected chi connectivity index (χ0v) is 13.3. The molecule has 0 bridgehead atoms. The Hall–Kier alpha value is -1.13. The first-order chi connectivity index (χ1) is 9.62. The van der Waals surface area contributed by atoms with Crippen LogP contribution >= 0.6 is 0 Å². The van der Waals surface area contributed by atoms with Crippen LogP contribution in [0.1, 0.15) is 45.9 Å². The van der Waals surface area contributed by atoms with E-state index in [1.54, 1.807) is 6.92 Å². The van der Waals surface area contributed by atoms with Gasteiger partial charge < -0.3 is 14.9 Å². The molecule has 0 aliphatic rings. The Balaban J connectivity index is 2.53. The predicted molar refractivity (Wildman–Crippen MR) is 85.2 cm³/mol. The van der Waals surface area contributed by atoms with Crippen molar-refractivity contribution in [2.24, 2.45) is 0 Å². The highest BCUT2D eigenvalue weighted by Crippen LogP contribution is 2.16. The van der Waals surface area contributed by atoms with Gasteiger partial charge in [-0.25, -0.2) is 0 Å². The van der Waals surface area contributed by atoms with Gasteiger partial charge >= 0.3 is 0 Å². The highest BCUT2D eigenvalue weighted by atomic mass is 16.3. The van der Waals surface area contributed by atoms with E-state index in [0.29, 0.717) is 0 Å². The number of pyridine rings is 1. The summed E-state index contributed by atoms with van der Waals surface area (Å²) in [6.07, 6.45) is 2.53. The molecule has 20 heavy (non-hydrogen) atoms. The van der Waals surface area contributed by atoms with Crippen molar-refractivity contribution in [3.05, 3.63) is 24.0 Å². The Kier molecular flexibility index (Phi) is 7.55. The van der Waals surface area contributed by atoms with Gasteiger partial charge in [0.15, 0.2) is 0 Å². The monoisotopic (exact) mass is 279 g/mol. The second kappa shape index (κ2) is 8.93. The quantitative estimate of drug-likeness (QED) is 0.754. The van der Waals surface area contributed by atoms with E-state index >= 15 is 0 Å². The molecule has 4 heteroatoms. The van der Waals surface area contributed by atoms with E-state index in [-0.39, 0.29) is 0 Å². The predicted octanol–water partition coefficient (Wildman–Crippen LogP) is 2.69. The summed E-state index contributed by atoms with van der Waals surface area (Å²) in [6, 6.07) is 3.96. The summed E-state index contributed by atoms with van der Waals surface area (Å²) >= 11 is 0. The number of rotatable bonds is 9. The Morgan fingerprint density at radius 2 is 1.80 bits per heavy atom. The third-order valence-corrected chi connectivity index (χ3v) is 3.74. The fourth-order valence-electron chi connectivity index (χ4n) is 2.33. The van der Waals surface area contributed by atoms with E-state index in [2.05, 4.69) is 41.6 Å². The van der Waals surface area contributed by atoms with Crippen LogP contribution in [0.5, 0.6) is 0 Å². The van der Waals surface area contributed by atoms with E-state index in [1.165, 1.54) is 0 Å². The normalized spacial score (nSPS) is 12.7. The minimum atomic E-state index is -0.498. The van der Waals surface area contributed by atoms with Crippen LogP contribution in [-0.2, 0) is 0 Å². The van der Waals surface area contributed by atoms with Gasteiger partial charge in [-0.3, -0.25) is 4.98 Å². The maximum atomic E-state index is 9.49. The maximum Gasteiger partial charge on any atom is 0.0931 e. The summed E-state index contributed by atoms with van der Waals surface area (Å²) in [5.41, 5.74) is 1.87. The van der Waals surface area contributed by atoms with E-state index in [4.69, 9.17) is 0 Å². The van der Waals surface area contributed by atoms with Gasteiger partial charge in [-0.2, -0.15) is 0 Å². The lowest BCUT2D eigenvalue weighted by Gasteiger charge is -2.25. The molecule has 1 aromatic heterocycles. The molecule has 0 aliphatic heterocycles. The Bertz CT molecular complexity index is 360. The topological polar surface area (TPSA) is 39.6 Å². The molecular weight excluding hydrogens is 250 g/mol. The van der Waals surface area contributed by atoms with Crippen molar-refractivity contribution in [2.45, 2.75) is 40.2 Å². The third-order valence-electron chi connectivity index (χ3n) is 3.74. The molecule has 0 aromatic carbocycles. The van der Waals surface area contributed by atoms with Crippen LogP contribution in [0.25, 0.3) is 0 Å². The lowest BCUT2D eigenvalue weighted by Crippen LogP contribution is -2.30. The van der Waals surface area contributed by atoms with Gasteiger partial charge in [0, 0.05) is 13.1 Å². The summed E-state index contributed by atoms with van der Waals surface area (Å²) in [6.45, 7) is 13.7. The van der Waals surface area contributed by atoms with Crippen molar-refractivity contribution < 1.29 is 5.11 Å². The van der Waals surface area contributed by atoms with Crippen LogP contribution in [-0.4, -0.2) is 47.7 Å². The lowest BCUT2D eigenvalue weighted by atomic mass is 10.2. The molecule has 1 atom stereocenters. The molecule has 0 aliphatic carbocycles. The van der Waals surface area contributed by atoms with Gasteiger partial charge in [0.2, 0.25) is 0 Å². The summed E-state index contributed by atoms with van der Waals surface area (Å²) in [5.74, 6) is 0. The van der Waals surface area contributed by atoms with Gasteiger partial charge in [0.25, 0.3) is 0 Å². The average Bonchev–Trinajstić information content (AvgIpc) is 2.48. The molecule has 0 radical (unpaired) electrons. The number of nitrogens with zero attached hydrogens (tertiary/aromatic N) is 3. The van der Waals surface area contributed by atoms with Crippen molar-refractivity contribution in [3.8, 4) is 0 Å². The van der Waals surface area contributed by atoms with Gasteiger partial charge in [0.05, 0.1) is 23.7 Å². The molecule has 0 spiro atoms. The van der Waals surface area contributed by atoms with E-state index < -0.39 is 6.10 Å². The Morgan fingerprint density at radius 1 is 1.10 bits per heavy atom. The molecule has 1 N–H and O–H groups in total. The molecule has 4 nitrogen and oxygen atoms in total. The molecule has 0 saturated carbocycles. The van der Waals surface area contributed by atoms with Crippen LogP contribution in [0.15, 0.2) is 18.3 Å². The number of aliphatic hydroxyl groups is 1.